The van der Waals surface area contributed by atoms with Gasteiger partial charge in [-0.15, -0.1) is 0 Å². The standard InChI is InChI=1S/C13H18N2O3/c1-9-4-5-10(2)11(8-9)15-13(17)12(16)14-6-7-18-3/h4-5,8H,6-7H2,1-3H3,(H,14,16)(H,15,17). The van der Waals surface area contributed by atoms with Gasteiger partial charge in [0.05, 0.1) is 6.61 Å². The van der Waals surface area contributed by atoms with Crippen LogP contribution in [0.5, 0.6) is 0 Å². The van der Waals surface area contributed by atoms with Crippen LogP contribution >= 0.6 is 0 Å². The molecule has 0 saturated carbocycles. The van der Waals surface area contributed by atoms with Gasteiger partial charge in [-0.05, 0) is 31.0 Å². The van der Waals surface area contributed by atoms with Crippen molar-refractivity contribution in [3.05, 3.63) is 29.3 Å². The largest absolute Gasteiger partial charge is 0.383 e. The fourth-order valence-electron chi connectivity index (χ4n) is 1.40. The number of hydrogen-bond acceptors (Lipinski definition) is 3. The van der Waals surface area contributed by atoms with Crippen LogP contribution < -0.4 is 10.6 Å². The Balaban J connectivity index is 2.58. The summed E-state index contributed by atoms with van der Waals surface area (Å²) in [5.41, 5.74) is 2.59. The number of carbonyl (C=O) groups excluding carboxylic acids is 2. The first-order valence-corrected chi connectivity index (χ1v) is 5.70. The minimum absolute atomic E-state index is 0.315. The van der Waals surface area contributed by atoms with Gasteiger partial charge < -0.3 is 15.4 Å². The average Bonchev–Trinajstić information content (AvgIpc) is 2.34. The van der Waals surface area contributed by atoms with Crippen molar-refractivity contribution in [2.45, 2.75) is 13.8 Å². The molecule has 18 heavy (non-hydrogen) atoms. The molecule has 0 fully saturated rings. The highest BCUT2D eigenvalue weighted by atomic mass is 16.5. The van der Waals surface area contributed by atoms with E-state index < -0.39 is 11.8 Å². The Labute approximate surface area is 107 Å². The molecule has 0 unspecified atom stereocenters. The predicted octanol–water partition coefficient (Wildman–Crippen LogP) is 1.00. The molecule has 2 amide bonds. The molecule has 0 aliphatic heterocycles. The maximum absolute atomic E-state index is 11.6. The quantitative estimate of drug-likeness (QED) is 0.619. The molecule has 0 aliphatic rings. The third-order valence-electron chi connectivity index (χ3n) is 2.44. The average molecular weight is 250 g/mol. The van der Waals surface area contributed by atoms with E-state index in [1.54, 1.807) is 0 Å². The second-order valence-corrected chi connectivity index (χ2v) is 4.02. The van der Waals surface area contributed by atoms with Gasteiger partial charge in [0.25, 0.3) is 0 Å². The Morgan fingerprint density at radius 1 is 1.22 bits per heavy atom. The summed E-state index contributed by atoms with van der Waals surface area (Å²) < 4.78 is 4.78. The number of aryl methyl sites for hydroxylation is 2. The van der Waals surface area contributed by atoms with Crippen LogP contribution in [-0.2, 0) is 14.3 Å². The summed E-state index contributed by atoms with van der Waals surface area (Å²) >= 11 is 0. The molecule has 5 nitrogen and oxygen atoms in total. The van der Waals surface area contributed by atoms with E-state index >= 15 is 0 Å². The zero-order chi connectivity index (χ0) is 13.5. The van der Waals surface area contributed by atoms with Crippen molar-refractivity contribution < 1.29 is 14.3 Å². The van der Waals surface area contributed by atoms with Crippen LogP contribution in [0, 0.1) is 13.8 Å². The molecule has 2 N–H and O–H groups in total. The summed E-state index contributed by atoms with van der Waals surface area (Å²) in [4.78, 5) is 23.0. The number of rotatable bonds is 4. The molecule has 98 valence electrons. The highest BCUT2D eigenvalue weighted by Crippen LogP contribution is 2.15. The Kier molecular flexibility index (Phi) is 5.32. The fourth-order valence-corrected chi connectivity index (χ4v) is 1.40. The first kappa shape index (κ1) is 14.2. The van der Waals surface area contributed by atoms with Gasteiger partial charge in [-0.2, -0.15) is 0 Å². The van der Waals surface area contributed by atoms with Crippen LogP contribution in [0.1, 0.15) is 11.1 Å². The van der Waals surface area contributed by atoms with E-state index in [4.69, 9.17) is 4.74 Å². The summed E-state index contributed by atoms with van der Waals surface area (Å²) in [6, 6.07) is 5.67. The summed E-state index contributed by atoms with van der Waals surface area (Å²) in [6.07, 6.45) is 0. The Morgan fingerprint density at radius 3 is 2.61 bits per heavy atom. The van der Waals surface area contributed by atoms with E-state index in [9.17, 15) is 9.59 Å². The number of anilines is 1. The Hall–Kier alpha value is -1.88. The van der Waals surface area contributed by atoms with Gasteiger partial charge in [0.15, 0.2) is 0 Å². The first-order valence-electron chi connectivity index (χ1n) is 5.70. The predicted molar refractivity (Wildman–Crippen MR) is 69.4 cm³/mol. The maximum Gasteiger partial charge on any atom is 0.313 e. The monoisotopic (exact) mass is 250 g/mol. The maximum atomic E-state index is 11.6. The second-order valence-electron chi connectivity index (χ2n) is 4.02. The third kappa shape index (κ3) is 4.18. The number of amides is 2. The van der Waals surface area contributed by atoms with Crippen molar-refractivity contribution in [1.82, 2.24) is 5.32 Å². The summed E-state index contributed by atoms with van der Waals surface area (Å²) in [5, 5.41) is 5.05. The lowest BCUT2D eigenvalue weighted by molar-refractivity contribution is -0.136. The van der Waals surface area contributed by atoms with Crippen molar-refractivity contribution in [3.8, 4) is 0 Å². The van der Waals surface area contributed by atoms with Crippen LogP contribution in [0.3, 0.4) is 0 Å². The molecule has 0 bridgehead atoms. The van der Waals surface area contributed by atoms with Gasteiger partial charge in [0.1, 0.15) is 0 Å². The number of hydrogen-bond donors (Lipinski definition) is 2. The molecule has 0 atom stereocenters. The van der Waals surface area contributed by atoms with Gasteiger partial charge in [-0.25, -0.2) is 0 Å². The number of nitrogens with one attached hydrogen (secondary N) is 2. The van der Waals surface area contributed by atoms with Crippen molar-refractivity contribution in [1.29, 1.82) is 0 Å². The molecule has 0 spiro atoms. The molecule has 1 rings (SSSR count). The van der Waals surface area contributed by atoms with Crippen LogP contribution in [-0.4, -0.2) is 32.1 Å². The SMILES string of the molecule is COCCNC(=O)C(=O)Nc1cc(C)ccc1C. The van der Waals surface area contributed by atoms with Crippen molar-refractivity contribution in [3.63, 3.8) is 0 Å². The topological polar surface area (TPSA) is 67.4 Å². The van der Waals surface area contributed by atoms with E-state index in [1.807, 2.05) is 32.0 Å². The van der Waals surface area contributed by atoms with Crippen LogP contribution in [0.15, 0.2) is 18.2 Å². The lowest BCUT2D eigenvalue weighted by Crippen LogP contribution is -2.37. The lowest BCUT2D eigenvalue weighted by Gasteiger charge is -2.09. The summed E-state index contributed by atoms with van der Waals surface area (Å²) in [7, 11) is 1.53. The number of benzene rings is 1. The molecule has 0 heterocycles. The highest BCUT2D eigenvalue weighted by Gasteiger charge is 2.13. The van der Waals surface area contributed by atoms with E-state index in [0.717, 1.165) is 11.1 Å². The minimum Gasteiger partial charge on any atom is -0.383 e. The molecule has 5 heteroatoms. The summed E-state index contributed by atoms with van der Waals surface area (Å²) in [5.74, 6) is -1.33. The molecular weight excluding hydrogens is 232 g/mol. The highest BCUT2D eigenvalue weighted by molar-refractivity contribution is 6.39. The number of ether oxygens (including phenoxy) is 1. The lowest BCUT2D eigenvalue weighted by atomic mass is 10.1. The Morgan fingerprint density at radius 2 is 1.94 bits per heavy atom. The first-order chi connectivity index (χ1) is 8.54. The van der Waals surface area contributed by atoms with Gasteiger partial charge >= 0.3 is 11.8 Å². The second kappa shape index (κ2) is 6.76. The smallest absolute Gasteiger partial charge is 0.313 e. The third-order valence-corrected chi connectivity index (χ3v) is 2.44. The molecule has 0 radical (unpaired) electrons. The zero-order valence-electron chi connectivity index (χ0n) is 10.9. The van der Waals surface area contributed by atoms with Crippen LogP contribution in [0.4, 0.5) is 5.69 Å². The van der Waals surface area contributed by atoms with Crippen LogP contribution in [0.25, 0.3) is 0 Å². The van der Waals surface area contributed by atoms with Crippen molar-refractivity contribution >= 4 is 17.5 Å². The normalized spacial score (nSPS) is 9.94. The van der Waals surface area contributed by atoms with Crippen molar-refractivity contribution in [2.75, 3.05) is 25.6 Å². The number of methoxy groups -OCH3 is 1. The molecule has 0 aromatic heterocycles. The van der Waals surface area contributed by atoms with E-state index in [0.29, 0.717) is 18.8 Å². The van der Waals surface area contributed by atoms with Crippen LogP contribution in [0.2, 0.25) is 0 Å². The molecule has 1 aromatic carbocycles. The van der Waals surface area contributed by atoms with E-state index in [-0.39, 0.29) is 0 Å². The van der Waals surface area contributed by atoms with E-state index in [1.165, 1.54) is 7.11 Å². The van der Waals surface area contributed by atoms with Gasteiger partial charge in [-0.1, -0.05) is 12.1 Å². The fraction of sp³-hybridized carbons (Fsp3) is 0.385. The Bertz CT molecular complexity index is 444. The minimum atomic E-state index is -0.667. The molecule has 0 saturated heterocycles. The molecule has 0 aliphatic carbocycles. The summed E-state index contributed by atoms with van der Waals surface area (Å²) in [6.45, 7) is 4.49. The van der Waals surface area contributed by atoms with Gasteiger partial charge in [0.2, 0.25) is 0 Å². The van der Waals surface area contributed by atoms with Crippen molar-refractivity contribution in [2.24, 2.45) is 0 Å². The van der Waals surface area contributed by atoms with Gasteiger partial charge in [0, 0.05) is 19.3 Å². The zero-order valence-corrected chi connectivity index (χ0v) is 10.9. The number of carbonyl (C=O) groups is 2. The van der Waals surface area contributed by atoms with E-state index in [2.05, 4.69) is 10.6 Å². The van der Waals surface area contributed by atoms with Gasteiger partial charge in [-0.3, -0.25) is 9.59 Å². The molecular formula is C13H18N2O3. The molecule has 1 aromatic rings.